The van der Waals surface area contributed by atoms with Gasteiger partial charge in [-0.3, -0.25) is 4.79 Å². The summed E-state index contributed by atoms with van der Waals surface area (Å²) in [6, 6.07) is 0.0313. The number of nitrogens with two attached hydrogens (primary N) is 1. The summed E-state index contributed by atoms with van der Waals surface area (Å²) in [6.45, 7) is 2.61. The Labute approximate surface area is 167 Å². The largest absolute Gasteiger partial charge is 0.492 e. The smallest absolute Gasteiger partial charge is 0.341 e. The van der Waals surface area contributed by atoms with Crippen LogP contribution in [0.2, 0.25) is 0 Å². The zero-order valence-corrected chi connectivity index (χ0v) is 16.5. The van der Waals surface area contributed by atoms with Gasteiger partial charge in [0.05, 0.1) is 18.0 Å². The summed E-state index contributed by atoms with van der Waals surface area (Å²) in [5.74, 6) is -1.61. The van der Waals surface area contributed by atoms with Gasteiger partial charge in [0.25, 0.3) is 0 Å². The first-order chi connectivity index (χ1) is 12.8. The highest BCUT2D eigenvalue weighted by molar-refractivity contribution is 5.99. The fraction of sp³-hybridized carbons (Fsp3) is 0.474. The molecule has 2 aromatic rings. The molecule has 1 atom stereocenters. The predicted molar refractivity (Wildman–Crippen MR) is 107 cm³/mol. The molecule has 28 heavy (non-hydrogen) atoms. The van der Waals surface area contributed by atoms with Crippen LogP contribution in [0.15, 0.2) is 11.0 Å². The molecule has 1 aliphatic carbocycles. The van der Waals surface area contributed by atoms with E-state index in [2.05, 4.69) is 0 Å². The molecular formula is C19H23ClFN3O4. The monoisotopic (exact) mass is 411 g/mol. The van der Waals surface area contributed by atoms with Crippen LogP contribution in [0.5, 0.6) is 5.75 Å². The third-order valence-corrected chi connectivity index (χ3v) is 5.49. The number of benzene rings is 1. The van der Waals surface area contributed by atoms with E-state index in [1.165, 1.54) is 20.2 Å². The topological polar surface area (TPSA) is 97.8 Å². The number of aromatic nitrogens is 1. The van der Waals surface area contributed by atoms with Crippen molar-refractivity contribution in [1.29, 1.82) is 0 Å². The Kier molecular flexibility index (Phi) is 5.29. The van der Waals surface area contributed by atoms with Crippen molar-refractivity contribution in [2.45, 2.75) is 38.3 Å². The highest BCUT2D eigenvalue weighted by Crippen LogP contribution is 2.45. The summed E-state index contributed by atoms with van der Waals surface area (Å²) >= 11 is 0. The number of hydrogen-bond acceptors (Lipinski definition) is 5. The highest BCUT2D eigenvalue weighted by atomic mass is 35.5. The van der Waals surface area contributed by atoms with E-state index in [9.17, 15) is 14.7 Å². The first kappa shape index (κ1) is 20.4. The van der Waals surface area contributed by atoms with Gasteiger partial charge in [-0.15, -0.1) is 12.4 Å². The molecule has 1 aromatic carbocycles. The molecule has 1 aliphatic heterocycles. The number of ether oxygens (including phenoxy) is 1. The van der Waals surface area contributed by atoms with Crippen LogP contribution in [0, 0.1) is 12.7 Å². The Balaban J connectivity index is 0.00000225. The van der Waals surface area contributed by atoms with Gasteiger partial charge in [-0.2, -0.15) is 0 Å². The summed E-state index contributed by atoms with van der Waals surface area (Å²) < 4.78 is 22.7. The molecule has 4 rings (SSSR count). The van der Waals surface area contributed by atoms with Gasteiger partial charge in [-0.25, -0.2) is 9.18 Å². The molecule has 1 saturated heterocycles. The molecule has 3 N–H and O–H groups in total. The van der Waals surface area contributed by atoms with Crippen molar-refractivity contribution in [3.05, 3.63) is 33.4 Å². The number of fused-ring (bicyclic) bond motifs is 1. The summed E-state index contributed by atoms with van der Waals surface area (Å²) in [5, 5.41) is 9.51. The van der Waals surface area contributed by atoms with Crippen molar-refractivity contribution in [2.24, 2.45) is 5.73 Å². The van der Waals surface area contributed by atoms with Crippen LogP contribution in [-0.4, -0.2) is 41.9 Å². The fourth-order valence-corrected chi connectivity index (χ4v) is 3.97. The third-order valence-electron chi connectivity index (χ3n) is 5.49. The third kappa shape index (κ3) is 3.00. The molecule has 2 aliphatic rings. The summed E-state index contributed by atoms with van der Waals surface area (Å²) in [6.07, 6.45) is 3.86. The zero-order valence-electron chi connectivity index (χ0n) is 15.7. The minimum absolute atomic E-state index is 0. The first-order valence-corrected chi connectivity index (χ1v) is 9.03. The quantitative estimate of drug-likeness (QED) is 0.802. The van der Waals surface area contributed by atoms with E-state index in [1.807, 2.05) is 4.90 Å². The molecule has 0 bridgehead atoms. The minimum Gasteiger partial charge on any atom is -0.492 e. The molecule has 152 valence electrons. The molecule has 9 heteroatoms. The predicted octanol–water partition coefficient (Wildman–Crippen LogP) is 2.45. The molecule has 1 saturated carbocycles. The number of halogens is 2. The Morgan fingerprint density at radius 3 is 2.54 bits per heavy atom. The maximum absolute atomic E-state index is 15.4. The van der Waals surface area contributed by atoms with Gasteiger partial charge in [-0.05, 0) is 26.2 Å². The van der Waals surface area contributed by atoms with Crippen LogP contribution in [0.1, 0.15) is 41.2 Å². The van der Waals surface area contributed by atoms with Crippen LogP contribution < -0.4 is 20.8 Å². The standard InChI is InChI=1S/C19H22FN3O4.ClH/c1-9-13-15(23(11-3-4-11)8-12(17(13)24)19(25)26)18(27-2)16(14(9)20)22-6-5-10(21)7-22;/h8,10-11H,3-7,21H2,1-2H3,(H,25,26);1H. The van der Waals surface area contributed by atoms with E-state index in [4.69, 9.17) is 10.5 Å². The number of aromatic carboxylic acids is 1. The van der Waals surface area contributed by atoms with Crippen molar-refractivity contribution < 1.29 is 19.0 Å². The Bertz CT molecular complexity index is 1020. The van der Waals surface area contributed by atoms with E-state index < -0.39 is 17.2 Å². The molecule has 1 aromatic heterocycles. The fourth-order valence-electron chi connectivity index (χ4n) is 3.97. The number of carboxylic acids is 1. The van der Waals surface area contributed by atoms with Crippen LogP contribution in [0.3, 0.4) is 0 Å². The second-order valence-corrected chi connectivity index (χ2v) is 7.35. The number of carbonyl (C=O) groups is 1. The van der Waals surface area contributed by atoms with Crippen molar-refractivity contribution in [1.82, 2.24) is 4.57 Å². The lowest BCUT2D eigenvalue weighted by Gasteiger charge is -2.25. The van der Waals surface area contributed by atoms with Crippen LogP contribution in [0.4, 0.5) is 10.1 Å². The van der Waals surface area contributed by atoms with Gasteiger partial charge in [-0.1, -0.05) is 0 Å². The van der Waals surface area contributed by atoms with Gasteiger partial charge in [0, 0.05) is 36.9 Å². The lowest BCUT2D eigenvalue weighted by Crippen LogP contribution is -2.28. The lowest BCUT2D eigenvalue weighted by atomic mass is 10.0. The molecule has 2 fully saturated rings. The molecule has 0 amide bonds. The number of aryl methyl sites for hydroxylation is 1. The molecule has 0 radical (unpaired) electrons. The average molecular weight is 412 g/mol. The number of pyridine rings is 1. The van der Waals surface area contributed by atoms with E-state index in [0.29, 0.717) is 24.3 Å². The van der Waals surface area contributed by atoms with Crippen molar-refractivity contribution in [2.75, 3.05) is 25.1 Å². The normalized spacial score (nSPS) is 19.0. The average Bonchev–Trinajstić information content (AvgIpc) is 3.38. The second-order valence-electron chi connectivity index (χ2n) is 7.35. The number of rotatable bonds is 4. The summed E-state index contributed by atoms with van der Waals surface area (Å²) in [5.41, 5.74) is 5.86. The number of methoxy groups -OCH3 is 1. The summed E-state index contributed by atoms with van der Waals surface area (Å²) in [7, 11) is 1.44. The second kappa shape index (κ2) is 7.25. The van der Waals surface area contributed by atoms with E-state index in [-0.39, 0.29) is 46.8 Å². The zero-order chi connectivity index (χ0) is 19.5. The van der Waals surface area contributed by atoms with E-state index >= 15 is 4.39 Å². The summed E-state index contributed by atoms with van der Waals surface area (Å²) in [4.78, 5) is 26.2. The molecular weight excluding hydrogens is 389 g/mol. The Morgan fingerprint density at radius 1 is 1.36 bits per heavy atom. The van der Waals surface area contributed by atoms with Gasteiger partial charge >= 0.3 is 5.97 Å². The van der Waals surface area contributed by atoms with Crippen molar-refractivity contribution >= 4 is 35.0 Å². The van der Waals surface area contributed by atoms with Gasteiger partial charge in [0.2, 0.25) is 5.43 Å². The van der Waals surface area contributed by atoms with E-state index in [1.54, 1.807) is 4.57 Å². The molecule has 7 nitrogen and oxygen atoms in total. The molecule has 1 unspecified atom stereocenters. The first-order valence-electron chi connectivity index (χ1n) is 9.03. The minimum atomic E-state index is -1.32. The van der Waals surface area contributed by atoms with Crippen molar-refractivity contribution in [3.8, 4) is 5.75 Å². The van der Waals surface area contributed by atoms with Gasteiger partial charge in [0.1, 0.15) is 11.3 Å². The number of hydrogen-bond donors (Lipinski definition) is 2. The Hall–Kier alpha value is -2.32. The van der Waals surface area contributed by atoms with Crippen LogP contribution >= 0.6 is 12.4 Å². The maximum Gasteiger partial charge on any atom is 0.341 e. The number of carboxylic acid groups (broad SMARTS) is 1. The SMILES string of the molecule is COc1c(N2CCC(N)C2)c(F)c(C)c2c(=O)c(C(=O)O)cn(C3CC3)c12.Cl. The van der Waals surface area contributed by atoms with Crippen LogP contribution in [-0.2, 0) is 0 Å². The van der Waals surface area contributed by atoms with Gasteiger partial charge in [0.15, 0.2) is 11.6 Å². The number of nitrogens with zero attached hydrogens (tertiary/aromatic N) is 2. The van der Waals surface area contributed by atoms with Crippen molar-refractivity contribution in [3.63, 3.8) is 0 Å². The Morgan fingerprint density at radius 2 is 2.04 bits per heavy atom. The maximum atomic E-state index is 15.4. The van der Waals surface area contributed by atoms with Gasteiger partial charge < -0.3 is 25.0 Å². The number of anilines is 1. The molecule has 2 heterocycles. The highest BCUT2D eigenvalue weighted by Gasteiger charge is 2.34. The molecule has 0 spiro atoms. The lowest BCUT2D eigenvalue weighted by molar-refractivity contribution is 0.0695. The van der Waals surface area contributed by atoms with Crippen LogP contribution in [0.25, 0.3) is 10.9 Å². The van der Waals surface area contributed by atoms with E-state index in [0.717, 1.165) is 19.3 Å².